The summed E-state index contributed by atoms with van der Waals surface area (Å²) in [6, 6.07) is 0. The van der Waals surface area contributed by atoms with Crippen LogP contribution in [0, 0.1) is 20.2 Å². The van der Waals surface area contributed by atoms with Crippen LogP contribution >= 0.6 is 0 Å². The van der Waals surface area contributed by atoms with Gasteiger partial charge in [-0.25, -0.2) is 0 Å². The Hall–Kier alpha value is -1.36. The van der Waals surface area contributed by atoms with Crippen LogP contribution in [0.25, 0.3) is 0 Å². The molecule has 0 aromatic heterocycles. The van der Waals surface area contributed by atoms with Crippen molar-refractivity contribution in [2.75, 3.05) is 0 Å². The van der Waals surface area contributed by atoms with Crippen LogP contribution in [0.5, 0.6) is 0 Å². The van der Waals surface area contributed by atoms with E-state index in [0.29, 0.717) is 0 Å². The van der Waals surface area contributed by atoms with E-state index < -0.39 is 27.8 Å². The molecule has 1 heterocycles. The molecule has 1 saturated heterocycles. The molecule has 10 heteroatoms. The number of nitro groups is 2. The maximum atomic E-state index is 10.1. The Balaban J connectivity index is 3.07. The van der Waals surface area contributed by atoms with Crippen molar-refractivity contribution < 1.29 is 29.9 Å². The number of rotatable bonds is 3. The molecule has 0 saturated carbocycles. The SMILES string of the molecule is O=[N+]([O-])C(O)([N+](=O)[O-])C1(O)OC1O. The highest BCUT2D eigenvalue weighted by atomic mass is 16.9. The molecular formula is C3H4N2O8. The van der Waals surface area contributed by atoms with Gasteiger partial charge in [0.1, 0.15) is 9.85 Å². The second-order valence-electron chi connectivity index (χ2n) is 2.32. The number of aliphatic hydroxyl groups excluding tert-OH is 1. The van der Waals surface area contributed by atoms with Gasteiger partial charge in [0.2, 0.25) is 6.29 Å². The van der Waals surface area contributed by atoms with Gasteiger partial charge in [-0.05, 0) is 0 Å². The summed E-state index contributed by atoms with van der Waals surface area (Å²) in [6.07, 6.45) is -2.15. The van der Waals surface area contributed by atoms with Crippen LogP contribution < -0.4 is 0 Å². The molecule has 13 heavy (non-hydrogen) atoms. The summed E-state index contributed by atoms with van der Waals surface area (Å²) < 4.78 is 3.77. The van der Waals surface area contributed by atoms with Crippen molar-refractivity contribution in [3.05, 3.63) is 20.2 Å². The molecule has 0 aromatic carbocycles. The normalized spacial score (nSPS) is 32.7. The lowest BCUT2D eigenvalue weighted by molar-refractivity contribution is -0.865. The quantitative estimate of drug-likeness (QED) is 0.189. The van der Waals surface area contributed by atoms with Crippen molar-refractivity contribution in [2.45, 2.75) is 17.9 Å². The van der Waals surface area contributed by atoms with Crippen LogP contribution in [-0.2, 0) is 4.74 Å². The number of epoxide rings is 1. The van der Waals surface area contributed by atoms with Crippen LogP contribution in [-0.4, -0.2) is 43.1 Å². The summed E-state index contributed by atoms with van der Waals surface area (Å²) in [4.78, 5) is 16.6. The van der Waals surface area contributed by atoms with Crippen LogP contribution in [0.1, 0.15) is 0 Å². The van der Waals surface area contributed by atoms with Crippen molar-refractivity contribution in [2.24, 2.45) is 0 Å². The van der Waals surface area contributed by atoms with E-state index in [1.807, 2.05) is 0 Å². The lowest BCUT2D eigenvalue weighted by Gasteiger charge is -2.11. The summed E-state index contributed by atoms with van der Waals surface area (Å²) in [6.45, 7) is 0. The zero-order chi connectivity index (χ0) is 10.4. The molecule has 1 fully saturated rings. The third-order valence-electron chi connectivity index (χ3n) is 1.56. The van der Waals surface area contributed by atoms with Crippen LogP contribution in [0.4, 0.5) is 0 Å². The average molecular weight is 196 g/mol. The first-order valence-electron chi connectivity index (χ1n) is 2.86. The molecule has 0 amide bonds. The van der Waals surface area contributed by atoms with E-state index >= 15 is 0 Å². The first kappa shape index (κ1) is 9.73. The maximum Gasteiger partial charge on any atom is 0.636 e. The molecule has 1 rings (SSSR count). The Morgan fingerprint density at radius 3 is 1.77 bits per heavy atom. The number of hydrogen-bond acceptors (Lipinski definition) is 8. The fraction of sp³-hybridized carbons (Fsp3) is 1.00. The van der Waals surface area contributed by atoms with Crippen molar-refractivity contribution in [3.8, 4) is 0 Å². The average Bonchev–Trinajstić information content (AvgIpc) is 2.58. The molecule has 0 spiro atoms. The lowest BCUT2D eigenvalue weighted by atomic mass is 10.2. The predicted molar refractivity (Wildman–Crippen MR) is 31.0 cm³/mol. The fourth-order valence-corrected chi connectivity index (χ4v) is 0.709. The summed E-state index contributed by atoms with van der Waals surface area (Å²) in [5.41, 5.74) is 0. The van der Waals surface area contributed by atoms with E-state index in [9.17, 15) is 20.2 Å². The minimum atomic E-state index is -3.95. The maximum absolute atomic E-state index is 10.1. The van der Waals surface area contributed by atoms with E-state index in [0.717, 1.165) is 0 Å². The highest BCUT2D eigenvalue weighted by molar-refractivity contribution is 4.91. The third kappa shape index (κ3) is 0.968. The van der Waals surface area contributed by atoms with Gasteiger partial charge in [-0.1, -0.05) is 0 Å². The van der Waals surface area contributed by atoms with E-state index in [2.05, 4.69) is 4.74 Å². The Morgan fingerprint density at radius 1 is 1.38 bits per heavy atom. The fourth-order valence-electron chi connectivity index (χ4n) is 0.709. The predicted octanol–water partition coefficient (Wildman–Crippen LogP) is -2.78. The topological polar surface area (TPSA) is 160 Å². The molecule has 3 N–H and O–H groups in total. The number of hydrogen-bond donors (Lipinski definition) is 3. The molecular weight excluding hydrogens is 192 g/mol. The van der Waals surface area contributed by atoms with E-state index in [-0.39, 0.29) is 0 Å². The highest BCUT2D eigenvalue weighted by Crippen LogP contribution is 2.41. The second-order valence-corrected chi connectivity index (χ2v) is 2.32. The third-order valence-corrected chi connectivity index (χ3v) is 1.56. The van der Waals surface area contributed by atoms with Crippen LogP contribution in [0.15, 0.2) is 0 Å². The molecule has 10 nitrogen and oxygen atoms in total. The van der Waals surface area contributed by atoms with Gasteiger partial charge in [0.05, 0.1) is 0 Å². The zero-order valence-electron chi connectivity index (χ0n) is 5.85. The number of aliphatic hydroxyl groups is 3. The molecule has 0 bridgehead atoms. The molecule has 74 valence electrons. The second kappa shape index (κ2) is 2.32. The van der Waals surface area contributed by atoms with Crippen molar-refractivity contribution in [1.82, 2.24) is 0 Å². The minimum Gasteiger partial charge on any atom is -0.363 e. The van der Waals surface area contributed by atoms with Gasteiger partial charge in [-0.3, -0.25) is 30.1 Å². The first-order valence-corrected chi connectivity index (χ1v) is 2.86. The standard InChI is InChI=1S/C3H4N2O8/c6-1-2(7,13-1)3(8,4(9)10)5(11)12/h1,6-8H. The van der Waals surface area contributed by atoms with E-state index in [1.54, 1.807) is 0 Å². The van der Waals surface area contributed by atoms with Gasteiger partial charge in [0.15, 0.2) is 0 Å². The van der Waals surface area contributed by atoms with Gasteiger partial charge in [0, 0.05) is 0 Å². The summed E-state index contributed by atoms with van der Waals surface area (Å²) in [5, 5.41) is 46.2. The largest absolute Gasteiger partial charge is 0.636 e. The smallest absolute Gasteiger partial charge is 0.363 e. The minimum absolute atomic E-state index is 1.76. The van der Waals surface area contributed by atoms with Gasteiger partial charge >= 0.3 is 11.6 Å². The van der Waals surface area contributed by atoms with Gasteiger partial charge < -0.3 is 10.2 Å². The molecule has 0 aromatic rings. The number of ether oxygens (including phenoxy) is 1. The Bertz CT molecular complexity index is 263. The molecule has 2 atom stereocenters. The molecule has 0 aliphatic carbocycles. The van der Waals surface area contributed by atoms with Crippen molar-refractivity contribution in [3.63, 3.8) is 0 Å². The van der Waals surface area contributed by atoms with E-state index in [1.165, 1.54) is 0 Å². The monoisotopic (exact) mass is 196 g/mol. The summed E-state index contributed by atoms with van der Waals surface area (Å²) in [5.74, 6) is -7.13. The summed E-state index contributed by atoms with van der Waals surface area (Å²) >= 11 is 0. The molecule has 0 radical (unpaired) electrons. The van der Waals surface area contributed by atoms with Crippen LogP contribution in [0.3, 0.4) is 0 Å². The number of nitrogens with zero attached hydrogens (tertiary/aromatic N) is 2. The molecule has 2 unspecified atom stereocenters. The van der Waals surface area contributed by atoms with Gasteiger partial charge in [0.25, 0.3) is 0 Å². The summed E-state index contributed by atoms with van der Waals surface area (Å²) in [7, 11) is 0. The van der Waals surface area contributed by atoms with Gasteiger partial charge in [-0.15, -0.1) is 0 Å². The lowest BCUT2D eigenvalue weighted by Crippen LogP contribution is -2.59. The molecule has 1 aliphatic rings. The Labute approximate surface area is 69.3 Å². The first-order chi connectivity index (χ1) is 5.76. The zero-order valence-corrected chi connectivity index (χ0v) is 5.85. The van der Waals surface area contributed by atoms with Crippen molar-refractivity contribution in [1.29, 1.82) is 0 Å². The van der Waals surface area contributed by atoms with Crippen LogP contribution in [0.2, 0.25) is 0 Å². The van der Waals surface area contributed by atoms with E-state index in [4.69, 9.17) is 15.3 Å². The van der Waals surface area contributed by atoms with Gasteiger partial charge in [-0.2, -0.15) is 0 Å². The van der Waals surface area contributed by atoms with Crippen molar-refractivity contribution >= 4 is 0 Å². The Morgan fingerprint density at radius 2 is 1.69 bits per heavy atom. The Kier molecular flexibility index (Phi) is 1.74. The highest BCUT2D eigenvalue weighted by Gasteiger charge is 2.87. The molecule has 1 aliphatic heterocycles.